The van der Waals surface area contributed by atoms with Gasteiger partial charge in [-0.3, -0.25) is 4.39 Å². The highest BCUT2D eigenvalue weighted by Gasteiger charge is 2.60. The first-order chi connectivity index (χ1) is 24.2. The molecule has 5 heteroatoms. The first kappa shape index (κ1) is 46.8. The number of nitrogens with two attached hydrogens (primary N) is 3. The molecule has 7 N–H and O–H groups in total. The molecule has 4 nitrogen and oxygen atoms in total. The minimum absolute atomic E-state index is 0.165. The average Bonchev–Trinajstić information content (AvgIpc) is 3.36. The van der Waals surface area contributed by atoms with Crippen molar-refractivity contribution >= 4 is 11.4 Å². The molecule has 0 radical (unpaired) electrons. The van der Waals surface area contributed by atoms with Gasteiger partial charge in [0.2, 0.25) is 0 Å². The fraction of sp³-hybridized carbons (Fsp3) is 0.739. The van der Waals surface area contributed by atoms with E-state index < -0.39 is 0 Å². The molecule has 1 aromatic carbocycles. The number of hydrogen-bond donors (Lipinski definition) is 4. The molecule has 9 unspecified atom stereocenters. The molecule has 0 amide bonds. The predicted octanol–water partition coefficient (Wildman–Crippen LogP) is 12.6. The molecule has 51 heavy (non-hydrogen) atoms. The topological polar surface area (TPSA) is 98.3 Å². The van der Waals surface area contributed by atoms with Crippen LogP contribution in [0, 0.1) is 45.8 Å². The van der Waals surface area contributed by atoms with Gasteiger partial charge < -0.3 is 22.3 Å². The van der Waals surface area contributed by atoms with Gasteiger partial charge in [0.05, 0.1) is 13.3 Å². The summed E-state index contributed by atoms with van der Waals surface area (Å²) in [6.07, 6.45) is 21.2. The Bertz CT molecular complexity index is 1260. The van der Waals surface area contributed by atoms with E-state index in [1.54, 1.807) is 0 Å². The van der Waals surface area contributed by atoms with Crippen LogP contribution in [0.15, 0.2) is 53.3 Å². The van der Waals surface area contributed by atoms with Gasteiger partial charge in [-0.25, -0.2) is 0 Å². The van der Waals surface area contributed by atoms with Crippen LogP contribution in [0.4, 0.5) is 15.8 Å². The Labute approximate surface area is 315 Å². The van der Waals surface area contributed by atoms with E-state index in [0.29, 0.717) is 18.3 Å². The molecule has 4 aliphatic rings. The molecule has 3 saturated carbocycles. The molecule has 0 aliphatic heterocycles. The van der Waals surface area contributed by atoms with E-state index in [4.69, 9.17) is 17.2 Å². The third kappa shape index (κ3) is 10.9. The van der Waals surface area contributed by atoms with Crippen LogP contribution >= 0.6 is 0 Å². The number of alkyl halides is 1. The Hall–Kier alpha value is -2.27. The van der Waals surface area contributed by atoms with Gasteiger partial charge in [0.15, 0.2) is 0 Å². The second-order valence-corrected chi connectivity index (χ2v) is 16.5. The first-order valence-electron chi connectivity index (χ1n) is 20.6. The maximum absolute atomic E-state index is 11.5. The second-order valence-electron chi connectivity index (χ2n) is 16.5. The van der Waals surface area contributed by atoms with Gasteiger partial charge in [-0.2, -0.15) is 0 Å². The number of allylic oxidation sites excluding steroid dienone is 5. The zero-order chi connectivity index (χ0) is 39.2. The van der Waals surface area contributed by atoms with Gasteiger partial charge in [-0.05, 0) is 150 Å². The van der Waals surface area contributed by atoms with Gasteiger partial charge >= 0.3 is 0 Å². The van der Waals surface area contributed by atoms with Crippen molar-refractivity contribution in [1.82, 2.24) is 0 Å². The summed E-state index contributed by atoms with van der Waals surface area (Å²) in [5.41, 5.74) is 24.5. The average molecular weight is 712 g/mol. The molecule has 1 aromatic rings. The molecule has 0 spiro atoms. The largest absolute Gasteiger partial charge is 0.403 e. The highest BCUT2D eigenvalue weighted by atomic mass is 19.1. The molecule has 0 aromatic heterocycles. The molecule has 4 aliphatic carbocycles. The molecular weight excluding hydrogens is 630 g/mol. The quantitative estimate of drug-likeness (QED) is 0.167. The Balaban J connectivity index is 0.000000958. The summed E-state index contributed by atoms with van der Waals surface area (Å²) >= 11 is 0. The number of halogens is 1. The van der Waals surface area contributed by atoms with Gasteiger partial charge in [-0.1, -0.05) is 104 Å². The highest BCUT2D eigenvalue weighted by molar-refractivity contribution is 5.57. The summed E-state index contributed by atoms with van der Waals surface area (Å²) in [5, 5.41) is 11.5. The summed E-state index contributed by atoms with van der Waals surface area (Å²) < 4.78 is 9.50. The Kier molecular flexibility index (Phi) is 19.6. The maximum Gasteiger partial charge on any atom is 0.0785 e. The van der Waals surface area contributed by atoms with E-state index in [-0.39, 0.29) is 16.9 Å². The van der Waals surface area contributed by atoms with Crippen LogP contribution in [0.2, 0.25) is 0 Å². The van der Waals surface area contributed by atoms with Crippen molar-refractivity contribution in [2.45, 2.75) is 166 Å². The summed E-state index contributed by atoms with van der Waals surface area (Å²) in [5.74, 6) is 4.00. The number of fused-ring (bicyclic) bond motifs is 5. The van der Waals surface area contributed by atoms with E-state index in [0.717, 1.165) is 72.2 Å². The fourth-order valence-corrected chi connectivity index (χ4v) is 11.0. The fourth-order valence-electron chi connectivity index (χ4n) is 11.0. The Morgan fingerprint density at radius 3 is 2.14 bits per heavy atom. The smallest absolute Gasteiger partial charge is 0.0785 e. The second kappa shape index (κ2) is 21.4. The Morgan fingerprint density at radius 2 is 1.59 bits per heavy atom. The number of aliphatic hydroxyl groups excluding tert-OH is 1. The van der Waals surface area contributed by atoms with Gasteiger partial charge in [-0.15, -0.1) is 0 Å². The third-order valence-corrected chi connectivity index (χ3v) is 13.2. The minimum Gasteiger partial charge on any atom is -0.403 e. The van der Waals surface area contributed by atoms with Crippen LogP contribution in [0.25, 0.3) is 0 Å². The summed E-state index contributed by atoms with van der Waals surface area (Å²) in [7, 11) is 0.500. The van der Waals surface area contributed by atoms with Gasteiger partial charge in [0.1, 0.15) is 0 Å². The van der Waals surface area contributed by atoms with E-state index in [9.17, 15) is 9.50 Å². The number of hydrogen-bond acceptors (Lipinski definition) is 4. The van der Waals surface area contributed by atoms with Crippen molar-refractivity contribution in [1.29, 1.82) is 0 Å². The normalized spacial score (nSPS) is 32.7. The van der Waals surface area contributed by atoms with Crippen LogP contribution in [0.1, 0.15) is 159 Å². The molecule has 0 saturated heterocycles. The van der Waals surface area contributed by atoms with Crippen molar-refractivity contribution in [3.63, 3.8) is 0 Å². The van der Waals surface area contributed by atoms with E-state index >= 15 is 0 Å². The van der Waals surface area contributed by atoms with Crippen molar-refractivity contribution < 1.29 is 9.50 Å². The zero-order valence-electron chi connectivity index (χ0n) is 35.5. The third-order valence-electron chi connectivity index (χ3n) is 13.2. The first-order valence-corrected chi connectivity index (χ1v) is 20.6. The summed E-state index contributed by atoms with van der Waals surface area (Å²) in [4.78, 5) is 0. The van der Waals surface area contributed by atoms with Gasteiger partial charge in [0, 0.05) is 22.5 Å². The number of benzene rings is 1. The number of anilines is 2. The molecule has 0 heterocycles. The zero-order valence-corrected chi connectivity index (χ0v) is 35.5. The highest BCUT2D eigenvalue weighted by Crippen LogP contribution is 2.68. The lowest BCUT2D eigenvalue weighted by molar-refractivity contribution is -0.0435. The lowest BCUT2D eigenvalue weighted by atomic mass is 9.47. The number of nitrogen functional groups attached to an aromatic ring is 2. The van der Waals surface area contributed by atoms with E-state index in [1.807, 2.05) is 52.8 Å². The van der Waals surface area contributed by atoms with Crippen LogP contribution < -0.4 is 17.2 Å². The molecule has 294 valence electrons. The van der Waals surface area contributed by atoms with E-state index in [2.05, 4.69) is 66.7 Å². The number of aliphatic hydroxyl groups is 1. The molecule has 9 atom stereocenters. The predicted molar refractivity (Wildman–Crippen MR) is 224 cm³/mol. The number of rotatable bonds is 7. The summed E-state index contributed by atoms with van der Waals surface area (Å²) in [6.45, 7) is 26.6. The molecule has 5 rings (SSSR count). The molecule has 3 fully saturated rings. The lowest BCUT2D eigenvalue weighted by Crippen LogP contribution is -2.53. The Morgan fingerprint density at radius 1 is 0.941 bits per heavy atom. The van der Waals surface area contributed by atoms with Crippen LogP contribution in [0.5, 0.6) is 0 Å². The van der Waals surface area contributed by atoms with Crippen LogP contribution in [-0.4, -0.2) is 18.4 Å². The van der Waals surface area contributed by atoms with Gasteiger partial charge in [0.25, 0.3) is 0 Å². The van der Waals surface area contributed by atoms with Crippen molar-refractivity contribution in [2.75, 3.05) is 18.6 Å². The monoisotopic (exact) mass is 712 g/mol. The summed E-state index contributed by atoms with van der Waals surface area (Å²) in [6, 6.07) is 5.91. The molecular formula is C46H82FN3O. The molecule has 0 bridgehead atoms. The van der Waals surface area contributed by atoms with Crippen molar-refractivity contribution in [3.8, 4) is 0 Å². The standard InChI is InChI=1S/C36H56N2O.C5H11N.2C2H6.CH3F/c1-23(2)9-7-10-24(3)28-15-16-30-27-14-17-32-35(5,29(27)11-8-19-34(28,30)4)20-18-33(39)36(32,6)22-25-12-13-26(37)21-31(25)38;1-3-4-5(2)6;3*1-2/h9,12-13,17,21,24,27-30,33,39H,7-8,10-11,14-16,18-20,22,37-38H2,1-6H3;4H,3,6H2,1-2H3;2*1-2H3;1H3/b;5-4+;;;. The van der Waals surface area contributed by atoms with Crippen molar-refractivity contribution in [3.05, 3.63) is 58.8 Å². The minimum atomic E-state index is -0.334. The lowest BCUT2D eigenvalue weighted by Gasteiger charge is -2.58. The SMILES string of the molecule is CC.CC.CC(C)=CCCC(C)C1CCC2C3CC=C4C(C)(Cc5ccc(N)cc5N)C(O)CCC4(C)C3CCCC12C.CC/C=C(\C)N.CF. The van der Waals surface area contributed by atoms with Crippen LogP contribution in [0.3, 0.4) is 0 Å². The van der Waals surface area contributed by atoms with Crippen LogP contribution in [-0.2, 0) is 6.42 Å². The van der Waals surface area contributed by atoms with E-state index in [1.165, 1.54) is 62.5 Å². The maximum atomic E-state index is 11.5. The van der Waals surface area contributed by atoms with Crippen molar-refractivity contribution in [2.24, 2.45) is 51.6 Å².